The first-order chi connectivity index (χ1) is 8.08. The predicted molar refractivity (Wildman–Crippen MR) is 68.3 cm³/mol. The highest BCUT2D eigenvalue weighted by molar-refractivity contribution is 8.00. The van der Waals surface area contributed by atoms with E-state index >= 15 is 0 Å². The van der Waals surface area contributed by atoms with Crippen molar-refractivity contribution in [2.75, 3.05) is 13.6 Å². The Labute approximate surface area is 105 Å². The van der Waals surface area contributed by atoms with Crippen LogP contribution in [0.25, 0.3) is 0 Å². The van der Waals surface area contributed by atoms with Gasteiger partial charge >= 0.3 is 0 Å². The van der Waals surface area contributed by atoms with Crippen molar-refractivity contribution < 1.29 is 9.59 Å². The lowest BCUT2D eigenvalue weighted by Crippen LogP contribution is -2.23. The molecule has 1 amide bonds. The van der Waals surface area contributed by atoms with Gasteiger partial charge in [-0.05, 0) is 25.5 Å². The van der Waals surface area contributed by atoms with E-state index in [-0.39, 0.29) is 16.9 Å². The lowest BCUT2D eigenvalue weighted by molar-refractivity contribution is -0.126. The second kappa shape index (κ2) is 4.92. The van der Waals surface area contributed by atoms with Gasteiger partial charge in [-0.15, -0.1) is 11.8 Å². The Bertz CT molecular complexity index is 441. The lowest BCUT2D eigenvalue weighted by Gasteiger charge is -2.10. The fourth-order valence-electron chi connectivity index (χ4n) is 1.83. The summed E-state index contributed by atoms with van der Waals surface area (Å²) in [6.07, 6.45) is 0.897. The standard InChI is InChI=1S/C13H15NO2S/c1-9(15)10-3-5-11(6-4-10)17-12-7-8-14(2)13(12)16/h3-6,12H,7-8H2,1-2H3. The second-order valence-electron chi connectivity index (χ2n) is 4.24. The van der Waals surface area contributed by atoms with E-state index in [0.717, 1.165) is 17.9 Å². The Balaban J connectivity index is 2.04. The number of ketones is 1. The van der Waals surface area contributed by atoms with Crippen LogP contribution in [0.15, 0.2) is 29.2 Å². The molecule has 1 heterocycles. The van der Waals surface area contributed by atoms with Gasteiger partial charge in [-0.25, -0.2) is 0 Å². The molecule has 17 heavy (non-hydrogen) atoms. The number of amides is 1. The van der Waals surface area contributed by atoms with Crippen LogP contribution < -0.4 is 0 Å². The van der Waals surface area contributed by atoms with Gasteiger partial charge in [0.2, 0.25) is 5.91 Å². The molecule has 0 bridgehead atoms. The molecule has 1 aromatic carbocycles. The number of carbonyl (C=O) groups is 2. The van der Waals surface area contributed by atoms with Gasteiger partial charge in [0.05, 0.1) is 5.25 Å². The zero-order chi connectivity index (χ0) is 12.4. The Morgan fingerprint density at radius 2 is 2.00 bits per heavy atom. The van der Waals surface area contributed by atoms with Crippen molar-refractivity contribution in [3.05, 3.63) is 29.8 Å². The quantitative estimate of drug-likeness (QED) is 0.771. The highest BCUT2D eigenvalue weighted by Gasteiger charge is 2.29. The van der Waals surface area contributed by atoms with Crippen molar-refractivity contribution in [1.29, 1.82) is 0 Å². The van der Waals surface area contributed by atoms with Gasteiger partial charge in [0, 0.05) is 24.1 Å². The SMILES string of the molecule is CC(=O)c1ccc(SC2CCN(C)C2=O)cc1. The number of Topliss-reactive ketones (excluding diaryl/α,β-unsaturated/α-hetero) is 1. The van der Waals surface area contributed by atoms with E-state index in [4.69, 9.17) is 0 Å². The predicted octanol–water partition coefficient (Wildman–Crippen LogP) is 2.21. The number of likely N-dealkylation sites (tertiary alicyclic amines) is 1. The third-order valence-electron chi connectivity index (χ3n) is 2.92. The van der Waals surface area contributed by atoms with Crippen molar-refractivity contribution in [2.45, 2.75) is 23.5 Å². The number of hydrogen-bond donors (Lipinski definition) is 0. The number of rotatable bonds is 3. The van der Waals surface area contributed by atoms with Gasteiger partial charge < -0.3 is 4.90 Å². The third kappa shape index (κ3) is 2.69. The molecule has 0 aromatic heterocycles. The minimum Gasteiger partial charge on any atom is -0.345 e. The smallest absolute Gasteiger partial charge is 0.235 e. The minimum atomic E-state index is 0.0307. The molecule has 0 saturated carbocycles. The molecule has 2 rings (SSSR count). The molecule has 3 nitrogen and oxygen atoms in total. The number of carbonyl (C=O) groups excluding carboxylic acids is 2. The van der Waals surface area contributed by atoms with Crippen molar-refractivity contribution in [1.82, 2.24) is 4.90 Å². The largest absolute Gasteiger partial charge is 0.345 e. The number of benzene rings is 1. The number of thioether (sulfide) groups is 1. The van der Waals surface area contributed by atoms with Crippen molar-refractivity contribution in [2.24, 2.45) is 0 Å². The molecule has 0 aliphatic carbocycles. The van der Waals surface area contributed by atoms with Gasteiger partial charge in [0.1, 0.15) is 0 Å². The first kappa shape index (κ1) is 12.2. The summed E-state index contributed by atoms with van der Waals surface area (Å²) in [7, 11) is 1.84. The topological polar surface area (TPSA) is 37.4 Å². The van der Waals surface area contributed by atoms with E-state index < -0.39 is 0 Å². The maximum Gasteiger partial charge on any atom is 0.235 e. The van der Waals surface area contributed by atoms with E-state index in [1.54, 1.807) is 23.6 Å². The first-order valence-corrected chi connectivity index (χ1v) is 6.48. The van der Waals surface area contributed by atoms with Gasteiger partial charge in [-0.3, -0.25) is 9.59 Å². The normalized spacial score (nSPS) is 19.8. The summed E-state index contributed by atoms with van der Waals surface area (Å²) in [5.41, 5.74) is 0.712. The average molecular weight is 249 g/mol. The lowest BCUT2D eigenvalue weighted by atomic mass is 10.2. The molecule has 1 atom stereocenters. The highest BCUT2D eigenvalue weighted by Crippen LogP contribution is 2.30. The zero-order valence-corrected chi connectivity index (χ0v) is 10.8. The summed E-state index contributed by atoms with van der Waals surface area (Å²) < 4.78 is 0. The van der Waals surface area contributed by atoms with Gasteiger partial charge in [-0.2, -0.15) is 0 Å². The van der Waals surface area contributed by atoms with Crippen LogP contribution in [0.5, 0.6) is 0 Å². The van der Waals surface area contributed by atoms with Gasteiger partial charge in [-0.1, -0.05) is 12.1 Å². The number of hydrogen-bond acceptors (Lipinski definition) is 3. The Kier molecular flexibility index (Phi) is 3.52. The molecule has 4 heteroatoms. The van der Waals surface area contributed by atoms with Crippen LogP contribution >= 0.6 is 11.8 Å². The number of nitrogens with zero attached hydrogens (tertiary/aromatic N) is 1. The summed E-state index contributed by atoms with van der Waals surface area (Å²) in [6, 6.07) is 7.45. The fourth-order valence-corrected chi connectivity index (χ4v) is 2.96. The molecule has 1 unspecified atom stereocenters. The molecule has 1 aliphatic rings. The fraction of sp³-hybridized carbons (Fsp3) is 0.385. The van der Waals surface area contributed by atoms with Crippen LogP contribution in [-0.4, -0.2) is 35.4 Å². The van der Waals surface area contributed by atoms with Crippen molar-refractivity contribution in [3.63, 3.8) is 0 Å². The Hall–Kier alpha value is -1.29. The third-order valence-corrected chi connectivity index (χ3v) is 4.18. The molecular formula is C13H15NO2S. The van der Waals surface area contributed by atoms with Gasteiger partial charge in [0.15, 0.2) is 5.78 Å². The molecule has 90 valence electrons. The van der Waals surface area contributed by atoms with Crippen molar-refractivity contribution in [3.8, 4) is 0 Å². The molecular weight excluding hydrogens is 234 g/mol. The molecule has 1 aromatic rings. The molecule has 1 aliphatic heterocycles. The van der Waals surface area contributed by atoms with E-state index in [9.17, 15) is 9.59 Å². The highest BCUT2D eigenvalue weighted by atomic mass is 32.2. The summed E-state index contributed by atoms with van der Waals surface area (Å²) in [4.78, 5) is 25.7. The summed E-state index contributed by atoms with van der Waals surface area (Å²) >= 11 is 1.58. The minimum absolute atomic E-state index is 0.0307. The van der Waals surface area contributed by atoms with Crippen LogP contribution in [0, 0.1) is 0 Å². The van der Waals surface area contributed by atoms with Gasteiger partial charge in [0.25, 0.3) is 0 Å². The monoisotopic (exact) mass is 249 g/mol. The molecule has 1 saturated heterocycles. The van der Waals surface area contributed by atoms with Crippen LogP contribution in [0.1, 0.15) is 23.7 Å². The Morgan fingerprint density at radius 3 is 2.47 bits per heavy atom. The maximum atomic E-state index is 11.7. The summed E-state index contributed by atoms with van der Waals surface area (Å²) in [5, 5.41) is 0.0307. The summed E-state index contributed by atoms with van der Waals surface area (Å²) in [6.45, 7) is 2.39. The van der Waals surface area contributed by atoms with Crippen LogP contribution in [0.3, 0.4) is 0 Å². The molecule has 0 spiro atoms. The van der Waals surface area contributed by atoms with Crippen molar-refractivity contribution >= 4 is 23.5 Å². The molecule has 1 fully saturated rings. The molecule has 0 radical (unpaired) electrons. The molecule has 0 N–H and O–H groups in total. The average Bonchev–Trinajstić information content (AvgIpc) is 2.62. The van der Waals surface area contributed by atoms with Crippen LogP contribution in [0.2, 0.25) is 0 Å². The maximum absolute atomic E-state index is 11.7. The zero-order valence-electron chi connectivity index (χ0n) is 9.97. The van der Waals surface area contributed by atoms with E-state index in [1.165, 1.54) is 0 Å². The van der Waals surface area contributed by atoms with E-state index in [1.807, 2.05) is 31.3 Å². The summed E-state index contributed by atoms with van der Waals surface area (Å²) in [5.74, 6) is 0.267. The van der Waals surface area contributed by atoms with Crippen LogP contribution in [-0.2, 0) is 4.79 Å². The van der Waals surface area contributed by atoms with E-state index in [0.29, 0.717) is 5.56 Å². The second-order valence-corrected chi connectivity index (χ2v) is 5.51. The first-order valence-electron chi connectivity index (χ1n) is 5.60. The van der Waals surface area contributed by atoms with E-state index in [2.05, 4.69) is 0 Å². The van der Waals surface area contributed by atoms with Crippen LogP contribution in [0.4, 0.5) is 0 Å². The Morgan fingerprint density at radius 1 is 1.35 bits per heavy atom.